The van der Waals surface area contributed by atoms with E-state index in [0.717, 1.165) is 11.6 Å². The monoisotopic (exact) mass is 438 g/mol. The highest BCUT2D eigenvalue weighted by molar-refractivity contribution is 7.80. The summed E-state index contributed by atoms with van der Waals surface area (Å²) < 4.78 is 83.4. The Balaban J connectivity index is 2.07. The molecule has 4 nitrogen and oxygen atoms in total. The molecule has 29 heavy (non-hydrogen) atoms. The Hall–Kier alpha value is -2.69. The van der Waals surface area contributed by atoms with Crippen molar-refractivity contribution in [3.63, 3.8) is 0 Å². The van der Waals surface area contributed by atoms with Crippen LogP contribution in [0, 0.1) is 0 Å². The lowest BCUT2D eigenvalue weighted by molar-refractivity contribution is -0.153. The normalized spacial score (nSPS) is 11.7. The van der Waals surface area contributed by atoms with Crippen molar-refractivity contribution in [2.45, 2.75) is 18.9 Å². The molecule has 0 amide bonds. The standard InChI is InChI=1S/C18H16F6N2O2S/c19-17(20,21)10-27-14-6-13(7-15(8-14)28-11-18(22,23)24)26-16(29)25-9-12-4-2-1-3-5-12/h1-8H,9-11H2,(H2,25,26,29). The second-order valence-corrected chi connectivity index (χ2v) is 6.20. The lowest BCUT2D eigenvalue weighted by Crippen LogP contribution is -2.28. The average molecular weight is 438 g/mol. The van der Waals surface area contributed by atoms with Crippen molar-refractivity contribution in [2.75, 3.05) is 18.5 Å². The van der Waals surface area contributed by atoms with E-state index < -0.39 is 25.6 Å². The predicted molar refractivity (Wildman–Crippen MR) is 99.0 cm³/mol. The number of nitrogens with one attached hydrogen (secondary N) is 2. The van der Waals surface area contributed by atoms with Crippen molar-refractivity contribution in [1.82, 2.24) is 5.32 Å². The van der Waals surface area contributed by atoms with Crippen LogP contribution in [0.3, 0.4) is 0 Å². The van der Waals surface area contributed by atoms with Gasteiger partial charge in [-0.1, -0.05) is 30.3 Å². The smallest absolute Gasteiger partial charge is 0.422 e. The molecular weight excluding hydrogens is 422 g/mol. The number of rotatable bonds is 7. The lowest BCUT2D eigenvalue weighted by Gasteiger charge is -2.16. The van der Waals surface area contributed by atoms with Gasteiger partial charge in [0.15, 0.2) is 18.3 Å². The summed E-state index contributed by atoms with van der Waals surface area (Å²) >= 11 is 5.11. The molecular formula is C18H16F6N2O2S. The van der Waals surface area contributed by atoms with Crippen LogP contribution >= 0.6 is 12.2 Å². The molecule has 0 fully saturated rings. The minimum absolute atomic E-state index is 0.104. The van der Waals surface area contributed by atoms with E-state index in [1.54, 1.807) is 0 Å². The zero-order valence-electron chi connectivity index (χ0n) is 14.7. The SMILES string of the molecule is FC(F)(F)COc1cc(NC(=S)NCc2ccccc2)cc(OCC(F)(F)F)c1. The fraction of sp³-hybridized carbons (Fsp3) is 0.278. The molecule has 0 spiro atoms. The predicted octanol–water partition coefficient (Wildman–Crippen LogP) is 5.06. The molecule has 2 N–H and O–H groups in total. The Kier molecular flexibility index (Phi) is 7.54. The molecule has 2 aromatic carbocycles. The summed E-state index contributed by atoms with van der Waals surface area (Å²) in [5, 5.41) is 5.68. The number of hydrogen-bond acceptors (Lipinski definition) is 3. The van der Waals surface area contributed by atoms with E-state index in [2.05, 4.69) is 20.1 Å². The maximum atomic E-state index is 12.4. The van der Waals surface area contributed by atoms with E-state index in [0.29, 0.717) is 6.54 Å². The van der Waals surface area contributed by atoms with Crippen LogP contribution in [0.4, 0.5) is 32.0 Å². The molecule has 0 radical (unpaired) electrons. The molecule has 0 bridgehead atoms. The Morgan fingerprint density at radius 2 is 1.34 bits per heavy atom. The minimum atomic E-state index is -4.61. The number of hydrogen-bond donors (Lipinski definition) is 2. The molecule has 0 aliphatic rings. The summed E-state index contributed by atoms with van der Waals surface area (Å²) in [6, 6.07) is 12.5. The van der Waals surface area contributed by atoms with Gasteiger partial charge in [-0.25, -0.2) is 0 Å². The van der Waals surface area contributed by atoms with E-state index in [9.17, 15) is 26.3 Å². The number of alkyl halides is 6. The van der Waals surface area contributed by atoms with Crippen LogP contribution < -0.4 is 20.1 Å². The fourth-order valence-electron chi connectivity index (χ4n) is 2.09. The van der Waals surface area contributed by atoms with Gasteiger partial charge in [-0.05, 0) is 17.8 Å². The highest BCUT2D eigenvalue weighted by Crippen LogP contribution is 2.29. The molecule has 158 valence electrons. The van der Waals surface area contributed by atoms with E-state index in [1.807, 2.05) is 30.3 Å². The summed E-state index contributed by atoms with van der Waals surface area (Å²) in [7, 11) is 0. The number of anilines is 1. The van der Waals surface area contributed by atoms with Gasteiger partial charge in [0.1, 0.15) is 11.5 Å². The third kappa shape index (κ3) is 9.37. The van der Waals surface area contributed by atoms with Crippen LogP contribution in [0.2, 0.25) is 0 Å². The summed E-state index contributed by atoms with van der Waals surface area (Å²) in [4.78, 5) is 0. The van der Waals surface area contributed by atoms with Crippen molar-refractivity contribution < 1.29 is 35.8 Å². The Labute approximate surface area is 167 Å². The Bertz CT molecular complexity index is 776. The number of ether oxygens (including phenoxy) is 2. The summed E-state index contributed by atoms with van der Waals surface area (Å²) in [5.41, 5.74) is 1.03. The van der Waals surface area contributed by atoms with E-state index in [4.69, 9.17) is 12.2 Å². The molecule has 0 atom stereocenters. The molecule has 0 aliphatic carbocycles. The second-order valence-electron chi connectivity index (χ2n) is 5.79. The zero-order valence-corrected chi connectivity index (χ0v) is 15.5. The van der Waals surface area contributed by atoms with E-state index in [1.165, 1.54) is 12.1 Å². The molecule has 0 saturated carbocycles. The summed E-state index contributed by atoms with van der Waals surface area (Å²) in [6.07, 6.45) is -9.22. The van der Waals surface area contributed by atoms with Crippen LogP contribution in [0.5, 0.6) is 11.5 Å². The average Bonchev–Trinajstić information content (AvgIpc) is 2.63. The summed E-state index contributed by atoms with van der Waals surface area (Å²) in [6.45, 7) is -2.84. The molecule has 0 aliphatic heterocycles. The highest BCUT2D eigenvalue weighted by Gasteiger charge is 2.30. The van der Waals surface area contributed by atoms with Crippen molar-refractivity contribution >= 4 is 23.0 Å². The number of benzene rings is 2. The first-order valence-corrected chi connectivity index (χ1v) is 8.54. The van der Waals surface area contributed by atoms with Gasteiger partial charge in [0, 0.05) is 30.4 Å². The van der Waals surface area contributed by atoms with Crippen molar-refractivity contribution in [3.8, 4) is 11.5 Å². The third-order valence-corrected chi connectivity index (χ3v) is 3.49. The maximum absolute atomic E-state index is 12.4. The topological polar surface area (TPSA) is 42.5 Å². The van der Waals surface area contributed by atoms with Gasteiger partial charge < -0.3 is 20.1 Å². The fourth-order valence-corrected chi connectivity index (χ4v) is 2.28. The van der Waals surface area contributed by atoms with Crippen molar-refractivity contribution in [1.29, 1.82) is 0 Å². The molecule has 0 heterocycles. The highest BCUT2D eigenvalue weighted by atomic mass is 32.1. The zero-order chi connectivity index (χ0) is 21.5. The van der Waals surface area contributed by atoms with E-state index in [-0.39, 0.29) is 22.3 Å². The van der Waals surface area contributed by atoms with Crippen LogP contribution in [-0.4, -0.2) is 30.7 Å². The molecule has 2 rings (SSSR count). The van der Waals surface area contributed by atoms with Gasteiger partial charge in [0.25, 0.3) is 0 Å². The minimum Gasteiger partial charge on any atom is -0.484 e. The van der Waals surface area contributed by atoms with Crippen molar-refractivity contribution in [3.05, 3.63) is 54.1 Å². The van der Waals surface area contributed by atoms with Crippen molar-refractivity contribution in [2.24, 2.45) is 0 Å². The van der Waals surface area contributed by atoms with Gasteiger partial charge in [0.05, 0.1) is 0 Å². The van der Waals surface area contributed by atoms with E-state index >= 15 is 0 Å². The molecule has 2 aromatic rings. The van der Waals surface area contributed by atoms with Gasteiger partial charge >= 0.3 is 12.4 Å². The molecule has 11 heteroatoms. The lowest BCUT2D eigenvalue weighted by atomic mass is 10.2. The van der Waals surface area contributed by atoms with Gasteiger partial charge in [-0.15, -0.1) is 0 Å². The Morgan fingerprint density at radius 3 is 1.83 bits per heavy atom. The first kappa shape index (κ1) is 22.6. The molecule has 0 aromatic heterocycles. The van der Waals surface area contributed by atoms with Gasteiger partial charge in [-0.3, -0.25) is 0 Å². The van der Waals surface area contributed by atoms with Crippen LogP contribution in [0.25, 0.3) is 0 Å². The molecule has 0 unspecified atom stereocenters. The quantitative estimate of drug-likeness (QED) is 0.468. The first-order valence-electron chi connectivity index (χ1n) is 8.13. The maximum Gasteiger partial charge on any atom is 0.422 e. The molecule has 0 saturated heterocycles. The third-order valence-electron chi connectivity index (χ3n) is 3.24. The van der Waals surface area contributed by atoms with Crippen LogP contribution in [-0.2, 0) is 6.54 Å². The van der Waals surface area contributed by atoms with Gasteiger partial charge in [-0.2, -0.15) is 26.3 Å². The van der Waals surface area contributed by atoms with Gasteiger partial charge in [0.2, 0.25) is 0 Å². The number of thiocarbonyl (C=S) groups is 1. The Morgan fingerprint density at radius 1 is 0.828 bits per heavy atom. The summed E-state index contributed by atoms with van der Waals surface area (Å²) in [5.74, 6) is -0.647. The van der Waals surface area contributed by atoms with Crippen LogP contribution in [0.1, 0.15) is 5.56 Å². The second kappa shape index (κ2) is 9.68. The van der Waals surface area contributed by atoms with Crippen LogP contribution in [0.15, 0.2) is 48.5 Å². The number of halogens is 6. The first-order chi connectivity index (χ1) is 13.5. The largest absolute Gasteiger partial charge is 0.484 e.